The van der Waals surface area contributed by atoms with Gasteiger partial charge in [0.25, 0.3) is 5.91 Å². The molecule has 0 bridgehead atoms. The number of aryl methyl sites for hydroxylation is 1. The van der Waals surface area contributed by atoms with E-state index in [0.29, 0.717) is 5.69 Å². The van der Waals surface area contributed by atoms with E-state index in [2.05, 4.69) is 10.3 Å². The largest absolute Gasteiger partial charge is 0.394 e. The van der Waals surface area contributed by atoms with Gasteiger partial charge in [-0.3, -0.25) is 9.78 Å². The number of hydrogen-bond donors (Lipinski definition) is 2. The summed E-state index contributed by atoms with van der Waals surface area (Å²) in [5, 5.41) is 2.50. The minimum Gasteiger partial charge on any atom is -0.394 e. The summed E-state index contributed by atoms with van der Waals surface area (Å²) in [6.07, 6.45) is 3.06. The number of benzene rings is 1. The van der Waals surface area contributed by atoms with Crippen LogP contribution in [0.3, 0.4) is 0 Å². The first-order valence-corrected chi connectivity index (χ1v) is 5.45. The monoisotopic (exact) mass is 263 g/mol. The second-order valence-corrected chi connectivity index (χ2v) is 4.06. The number of halogens is 2. The van der Waals surface area contributed by atoms with Gasteiger partial charge in [0.1, 0.15) is 17.3 Å². The lowest BCUT2D eigenvalue weighted by Gasteiger charge is -2.07. The second-order valence-electron chi connectivity index (χ2n) is 4.06. The number of carbonyl (C=O) groups is 1. The molecule has 2 aromatic rings. The van der Waals surface area contributed by atoms with Gasteiger partial charge in [-0.05, 0) is 30.7 Å². The molecule has 19 heavy (non-hydrogen) atoms. The van der Waals surface area contributed by atoms with Crippen molar-refractivity contribution in [2.75, 3.05) is 11.1 Å². The molecule has 1 amide bonds. The molecule has 0 aliphatic heterocycles. The maximum absolute atomic E-state index is 13.2. The molecule has 0 saturated carbocycles. The van der Waals surface area contributed by atoms with E-state index < -0.39 is 23.2 Å². The van der Waals surface area contributed by atoms with Crippen LogP contribution in [-0.4, -0.2) is 10.9 Å². The van der Waals surface area contributed by atoms with Crippen LogP contribution in [-0.2, 0) is 0 Å². The summed E-state index contributed by atoms with van der Waals surface area (Å²) < 4.78 is 26.5. The standard InChI is InChI=1S/C13H11F2N3O/c1-7-2-9(6-17-5-7)18-13(19)8-3-10(14)12(16)11(15)4-8/h2-6H,16H2,1H3,(H,18,19). The highest BCUT2D eigenvalue weighted by atomic mass is 19.1. The Hall–Kier alpha value is -2.50. The Morgan fingerprint density at radius 2 is 1.84 bits per heavy atom. The maximum Gasteiger partial charge on any atom is 0.255 e. The second kappa shape index (κ2) is 5.01. The van der Waals surface area contributed by atoms with E-state index in [-0.39, 0.29) is 5.56 Å². The van der Waals surface area contributed by atoms with Crippen molar-refractivity contribution >= 4 is 17.3 Å². The summed E-state index contributed by atoms with van der Waals surface area (Å²) in [6.45, 7) is 1.81. The van der Waals surface area contributed by atoms with Crippen LogP contribution in [0.25, 0.3) is 0 Å². The first-order valence-electron chi connectivity index (χ1n) is 5.45. The zero-order valence-electron chi connectivity index (χ0n) is 10.1. The Balaban J connectivity index is 2.25. The van der Waals surface area contributed by atoms with E-state index >= 15 is 0 Å². The highest BCUT2D eigenvalue weighted by Crippen LogP contribution is 2.18. The lowest BCUT2D eigenvalue weighted by molar-refractivity contribution is 0.102. The van der Waals surface area contributed by atoms with Gasteiger partial charge in [-0.1, -0.05) is 0 Å². The van der Waals surface area contributed by atoms with Crippen LogP contribution in [0.2, 0.25) is 0 Å². The molecule has 3 N–H and O–H groups in total. The highest BCUT2D eigenvalue weighted by Gasteiger charge is 2.13. The topological polar surface area (TPSA) is 68.0 Å². The van der Waals surface area contributed by atoms with Crippen LogP contribution < -0.4 is 11.1 Å². The Bertz CT molecular complexity index is 621. The lowest BCUT2D eigenvalue weighted by Crippen LogP contribution is -2.13. The van der Waals surface area contributed by atoms with Crippen molar-refractivity contribution < 1.29 is 13.6 Å². The first-order chi connectivity index (χ1) is 8.97. The number of rotatable bonds is 2. The van der Waals surface area contributed by atoms with Gasteiger partial charge in [0.2, 0.25) is 0 Å². The minimum absolute atomic E-state index is 0.147. The number of anilines is 2. The number of nitrogens with two attached hydrogens (primary N) is 1. The smallest absolute Gasteiger partial charge is 0.255 e. The van der Waals surface area contributed by atoms with Crippen LogP contribution in [0.5, 0.6) is 0 Å². The summed E-state index contributed by atoms with van der Waals surface area (Å²) in [4.78, 5) is 15.7. The zero-order chi connectivity index (χ0) is 14.0. The fraction of sp³-hybridized carbons (Fsp3) is 0.0769. The van der Waals surface area contributed by atoms with Gasteiger partial charge in [0, 0.05) is 11.8 Å². The molecule has 2 rings (SSSR count). The Morgan fingerprint density at radius 1 is 1.21 bits per heavy atom. The molecule has 1 heterocycles. The van der Waals surface area contributed by atoms with E-state index in [4.69, 9.17) is 5.73 Å². The molecular weight excluding hydrogens is 252 g/mol. The van der Waals surface area contributed by atoms with Crippen LogP contribution in [0.1, 0.15) is 15.9 Å². The zero-order valence-corrected chi connectivity index (χ0v) is 10.1. The fourth-order valence-electron chi connectivity index (χ4n) is 1.54. The van der Waals surface area contributed by atoms with Crippen molar-refractivity contribution in [2.24, 2.45) is 0 Å². The lowest BCUT2D eigenvalue weighted by atomic mass is 10.1. The molecule has 4 nitrogen and oxygen atoms in total. The third kappa shape index (κ3) is 2.85. The molecule has 0 spiro atoms. The number of nitrogens with one attached hydrogen (secondary N) is 1. The third-order valence-corrected chi connectivity index (χ3v) is 2.47. The van der Waals surface area contributed by atoms with Gasteiger partial charge < -0.3 is 11.1 Å². The number of hydrogen-bond acceptors (Lipinski definition) is 3. The number of pyridine rings is 1. The first kappa shape index (κ1) is 12.9. The molecule has 0 saturated heterocycles. The van der Waals surface area contributed by atoms with E-state index in [1.165, 1.54) is 6.20 Å². The van der Waals surface area contributed by atoms with Crippen molar-refractivity contribution in [2.45, 2.75) is 6.92 Å². The molecule has 0 atom stereocenters. The molecule has 0 unspecified atom stereocenters. The van der Waals surface area contributed by atoms with Gasteiger partial charge in [-0.25, -0.2) is 8.78 Å². The van der Waals surface area contributed by atoms with Gasteiger partial charge in [-0.15, -0.1) is 0 Å². The van der Waals surface area contributed by atoms with Crippen molar-refractivity contribution in [1.82, 2.24) is 4.98 Å². The average Bonchev–Trinajstić information content (AvgIpc) is 2.35. The molecule has 0 aliphatic carbocycles. The summed E-state index contributed by atoms with van der Waals surface area (Å²) in [6, 6.07) is 3.46. The molecule has 1 aromatic carbocycles. The number of nitrogen functional groups attached to an aromatic ring is 1. The van der Waals surface area contributed by atoms with Gasteiger partial charge in [0.05, 0.1) is 11.9 Å². The highest BCUT2D eigenvalue weighted by molar-refractivity contribution is 6.04. The number of nitrogens with zero attached hydrogens (tertiary/aromatic N) is 1. The van der Waals surface area contributed by atoms with Gasteiger partial charge in [-0.2, -0.15) is 0 Å². The van der Waals surface area contributed by atoms with Crippen LogP contribution in [0.15, 0.2) is 30.6 Å². The van der Waals surface area contributed by atoms with E-state index in [1.54, 1.807) is 12.3 Å². The number of amides is 1. The Morgan fingerprint density at radius 3 is 2.42 bits per heavy atom. The number of aromatic nitrogens is 1. The SMILES string of the molecule is Cc1cncc(NC(=O)c2cc(F)c(N)c(F)c2)c1. The Kier molecular flexibility index (Phi) is 3.41. The van der Waals surface area contributed by atoms with E-state index in [1.807, 2.05) is 6.92 Å². The summed E-state index contributed by atoms with van der Waals surface area (Å²) in [5.41, 5.74) is 5.68. The molecule has 1 aromatic heterocycles. The average molecular weight is 263 g/mol. The van der Waals surface area contributed by atoms with Gasteiger partial charge in [0.15, 0.2) is 0 Å². The molecule has 98 valence electrons. The predicted octanol–water partition coefficient (Wildman–Crippen LogP) is 2.50. The van der Waals surface area contributed by atoms with E-state index in [9.17, 15) is 13.6 Å². The summed E-state index contributed by atoms with van der Waals surface area (Å²) in [7, 11) is 0. The fourth-order valence-corrected chi connectivity index (χ4v) is 1.54. The van der Waals surface area contributed by atoms with Gasteiger partial charge >= 0.3 is 0 Å². The van der Waals surface area contributed by atoms with Crippen molar-refractivity contribution in [3.63, 3.8) is 0 Å². The van der Waals surface area contributed by atoms with E-state index in [0.717, 1.165) is 17.7 Å². The molecule has 0 fully saturated rings. The third-order valence-electron chi connectivity index (χ3n) is 2.47. The molecule has 0 aliphatic rings. The predicted molar refractivity (Wildman–Crippen MR) is 67.7 cm³/mol. The maximum atomic E-state index is 13.2. The molecule has 6 heteroatoms. The summed E-state index contributed by atoms with van der Waals surface area (Å²) in [5.74, 6) is -2.56. The van der Waals surface area contributed by atoms with Crippen LogP contribution in [0.4, 0.5) is 20.2 Å². The van der Waals surface area contributed by atoms with Crippen molar-refractivity contribution in [3.8, 4) is 0 Å². The van der Waals surface area contributed by atoms with Crippen LogP contribution >= 0.6 is 0 Å². The number of carbonyl (C=O) groups excluding carboxylic acids is 1. The van der Waals surface area contributed by atoms with Crippen LogP contribution in [0, 0.1) is 18.6 Å². The normalized spacial score (nSPS) is 10.3. The van der Waals surface area contributed by atoms with Crippen molar-refractivity contribution in [3.05, 3.63) is 53.4 Å². The Labute approximate surface area is 108 Å². The quantitative estimate of drug-likeness (QED) is 0.818. The minimum atomic E-state index is -0.965. The van der Waals surface area contributed by atoms with Crippen molar-refractivity contribution in [1.29, 1.82) is 0 Å². The molecule has 0 radical (unpaired) electrons. The summed E-state index contributed by atoms with van der Waals surface area (Å²) >= 11 is 0. The molecular formula is C13H11F2N3O.